The Morgan fingerprint density at radius 3 is 2.54 bits per heavy atom. The fraction of sp³-hybridized carbons (Fsp3) is 0.500. The van der Waals surface area contributed by atoms with Gasteiger partial charge in [0.05, 0.1) is 18.8 Å². The fourth-order valence-electron chi connectivity index (χ4n) is 3.73. The minimum Gasteiger partial charge on any atom is -0.378 e. The van der Waals surface area contributed by atoms with Gasteiger partial charge in [0.1, 0.15) is 26.9 Å². The van der Waals surface area contributed by atoms with Gasteiger partial charge in [0.25, 0.3) is 0 Å². The Hall–Kier alpha value is -2.61. The van der Waals surface area contributed by atoms with E-state index in [1.807, 2.05) is 6.07 Å². The van der Waals surface area contributed by atoms with Crippen LogP contribution in [-0.4, -0.2) is 84.8 Å². The molecule has 2 saturated heterocycles. The van der Waals surface area contributed by atoms with Crippen molar-refractivity contribution in [3.63, 3.8) is 0 Å². The van der Waals surface area contributed by atoms with E-state index in [-0.39, 0.29) is 0 Å². The molecule has 0 amide bonds. The number of thiophene rings is 1. The van der Waals surface area contributed by atoms with Crippen molar-refractivity contribution in [2.75, 3.05) is 69.3 Å². The molecule has 0 saturated carbocycles. The largest absolute Gasteiger partial charge is 0.378 e. The van der Waals surface area contributed by atoms with Gasteiger partial charge in [-0.05, 0) is 18.3 Å². The number of hydrogen-bond donors (Lipinski definition) is 0. The molecule has 0 bridgehead atoms. The summed E-state index contributed by atoms with van der Waals surface area (Å²) in [5, 5.41) is 23.2. The molecule has 0 aliphatic carbocycles. The number of hydrogen-bond acceptors (Lipinski definition) is 10. The predicted octanol–water partition coefficient (Wildman–Crippen LogP) is 1.09. The number of aromatic nitrogens is 4. The van der Waals surface area contributed by atoms with Crippen molar-refractivity contribution in [3.05, 3.63) is 11.6 Å². The summed E-state index contributed by atoms with van der Waals surface area (Å²) in [7, 11) is 2.13. The first-order valence-electron chi connectivity index (χ1n) is 9.37. The Morgan fingerprint density at radius 2 is 1.79 bits per heavy atom. The lowest BCUT2D eigenvalue weighted by Gasteiger charge is -2.32. The van der Waals surface area contributed by atoms with Gasteiger partial charge in [-0.1, -0.05) is 0 Å². The summed E-state index contributed by atoms with van der Waals surface area (Å²) in [5.41, 5.74) is 1.34. The molecule has 0 spiro atoms. The van der Waals surface area contributed by atoms with Crippen LogP contribution in [0.3, 0.4) is 0 Å². The summed E-state index contributed by atoms with van der Waals surface area (Å²) >= 11 is 1.58. The van der Waals surface area contributed by atoms with Gasteiger partial charge < -0.3 is 19.4 Å². The number of fused-ring (bicyclic) bond motifs is 3. The molecule has 0 N–H and O–H groups in total. The number of piperazine rings is 1. The fourth-order valence-corrected chi connectivity index (χ4v) is 4.83. The van der Waals surface area contributed by atoms with Gasteiger partial charge in [-0.2, -0.15) is 5.26 Å². The number of morpholine rings is 1. The molecule has 5 heterocycles. The van der Waals surface area contributed by atoms with Gasteiger partial charge in [-0.3, -0.25) is 0 Å². The lowest BCUT2D eigenvalue weighted by Crippen LogP contribution is -2.44. The van der Waals surface area contributed by atoms with Crippen LogP contribution in [0.5, 0.6) is 0 Å². The summed E-state index contributed by atoms with van der Waals surface area (Å²) in [6.07, 6.45) is 0. The maximum atomic E-state index is 9.70. The number of likely N-dealkylation sites (N-methyl/N-ethyl adjacent to an activating group) is 1. The van der Waals surface area contributed by atoms with Gasteiger partial charge in [0, 0.05) is 44.7 Å². The van der Waals surface area contributed by atoms with E-state index in [1.54, 1.807) is 11.3 Å². The first-order chi connectivity index (χ1) is 13.7. The van der Waals surface area contributed by atoms with Crippen molar-refractivity contribution in [2.24, 2.45) is 0 Å². The van der Waals surface area contributed by atoms with Crippen LogP contribution in [-0.2, 0) is 4.74 Å². The Balaban J connectivity index is 1.63. The van der Waals surface area contributed by atoms with Gasteiger partial charge in [-0.25, -0.2) is 4.98 Å². The third kappa shape index (κ3) is 2.92. The Bertz CT molecular complexity index is 1060. The molecule has 3 aromatic heterocycles. The average molecular weight is 396 g/mol. The topological polar surface area (TPSA) is 94.3 Å². The van der Waals surface area contributed by atoms with Crippen LogP contribution in [0.1, 0.15) is 5.56 Å². The SMILES string of the molecule is CN1CCN(c2nnnc3c2sc2nc(N4CCOCC4)c(C#N)cc23)CC1. The molecule has 0 atom stereocenters. The minimum atomic E-state index is 0.564. The highest BCUT2D eigenvalue weighted by Crippen LogP contribution is 2.38. The van der Waals surface area contributed by atoms with Gasteiger partial charge >= 0.3 is 0 Å². The molecule has 28 heavy (non-hydrogen) atoms. The van der Waals surface area contributed by atoms with E-state index >= 15 is 0 Å². The van der Waals surface area contributed by atoms with Crippen molar-refractivity contribution in [1.82, 2.24) is 25.3 Å². The highest BCUT2D eigenvalue weighted by atomic mass is 32.1. The molecule has 144 valence electrons. The zero-order valence-corrected chi connectivity index (χ0v) is 16.4. The Labute approximate surface area is 166 Å². The summed E-state index contributed by atoms with van der Waals surface area (Å²) in [6, 6.07) is 4.20. The molecule has 0 radical (unpaired) electrons. The van der Waals surface area contributed by atoms with Crippen LogP contribution in [0.25, 0.3) is 20.4 Å². The van der Waals surface area contributed by atoms with E-state index in [4.69, 9.17) is 9.72 Å². The molecular formula is C18H20N8OS. The molecule has 2 fully saturated rings. The second kappa shape index (κ2) is 7.09. The normalized spacial score (nSPS) is 18.7. The van der Waals surface area contributed by atoms with Crippen LogP contribution in [0.15, 0.2) is 6.07 Å². The first kappa shape index (κ1) is 17.5. The van der Waals surface area contributed by atoms with Crippen LogP contribution >= 0.6 is 11.3 Å². The zero-order valence-electron chi connectivity index (χ0n) is 15.6. The van der Waals surface area contributed by atoms with Crippen LogP contribution < -0.4 is 9.80 Å². The van der Waals surface area contributed by atoms with E-state index in [9.17, 15) is 5.26 Å². The average Bonchev–Trinajstić information content (AvgIpc) is 3.12. The number of nitriles is 1. The molecule has 3 aromatic rings. The molecule has 5 rings (SSSR count). The second-order valence-corrected chi connectivity index (χ2v) is 8.11. The molecular weight excluding hydrogens is 376 g/mol. The maximum Gasteiger partial charge on any atom is 0.172 e. The lowest BCUT2D eigenvalue weighted by molar-refractivity contribution is 0.122. The molecule has 2 aliphatic rings. The van der Waals surface area contributed by atoms with Crippen molar-refractivity contribution < 1.29 is 4.74 Å². The lowest BCUT2D eigenvalue weighted by atomic mass is 10.2. The third-order valence-corrected chi connectivity index (χ3v) is 6.44. The zero-order chi connectivity index (χ0) is 19.1. The summed E-state index contributed by atoms with van der Waals surface area (Å²) in [4.78, 5) is 12.4. The van der Waals surface area contributed by atoms with E-state index in [2.05, 4.69) is 43.2 Å². The molecule has 2 aliphatic heterocycles. The molecule has 9 nitrogen and oxygen atoms in total. The van der Waals surface area contributed by atoms with Crippen LogP contribution in [0, 0.1) is 11.3 Å². The van der Waals surface area contributed by atoms with E-state index in [0.29, 0.717) is 18.8 Å². The van der Waals surface area contributed by atoms with Gasteiger partial charge in [0.2, 0.25) is 0 Å². The minimum absolute atomic E-state index is 0.564. The van der Waals surface area contributed by atoms with E-state index in [0.717, 1.165) is 71.3 Å². The van der Waals surface area contributed by atoms with Crippen molar-refractivity contribution in [3.8, 4) is 6.07 Å². The summed E-state index contributed by atoms with van der Waals surface area (Å²) in [5.74, 6) is 1.60. The number of pyridine rings is 1. The van der Waals surface area contributed by atoms with Crippen LogP contribution in [0.4, 0.5) is 11.6 Å². The standard InChI is InChI=1S/C18H20N8OS/c1-24-2-4-25(5-3-24)17-15-14(21-23-22-17)13-10-12(11-19)16(20-18(13)28-15)26-6-8-27-9-7-26/h10H,2-9H2,1H3. The second-order valence-electron chi connectivity index (χ2n) is 7.11. The Kier molecular flexibility index (Phi) is 4.43. The summed E-state index contributed by atoms with van der Waals surface area (Å²) < 4.78 is 6.43. The highest BCUT2D eigenvalue weighted by Gasteiger charge is 2.23. The highest BCUT2D eigenvalue weighted by molar-refractivity contribution is 7.26. The van der Waals surface area contributed by atoms with Crippen LogP contribution in [0.2, 0.25) is 0 Å². The number of ether oxygens (including phenoxy) is 1. The van der Waals surface area contributed by atoms with Crippen molar-refractivity contribution in [1.29, 1.82) is 5.26 Å². The first-order valence-corrected chi connectivity index (χ1v) is 10.2. The number of rotatable bonds is 2. The molecule has 0 aromatic carbocycles. The quantitative estimate of drug-likeness (QED) is 0.631. The van der Waals surface area contributed by atoms with Gasteiger partial charge in [0.15, 0.2) is 5.82 Å². The van der Waals surface area contributed by atoms with Crippen molar-refractivity contribution >= 4 is 43.4 Å². The Morgan fingerprint density at radius 1 is 1.04 bits per heavy atom. The van der Waals surface area contributed by atoms with E-state index < -0.39 is 0 Å². The molecule has 10 heteroatoms. The van der Waals surface area contributed by atoms with E-state index in [1.165, 1.54) is 0 Å². The third-order valence-electron chi connectivity index (χ3n) is 5.36. The molecule has 0 unspecified atom stereocenters. The number of anilines is 2. The maximum absolute atomic E-state index is 9.70. The monoisotopic (exact) mass is 396 g/mol. The summed E-state index contributed by atoms with van der Waals surface area (Å²) in [6.45, 7) is 6.60. The predicted molar refractivity (Wildman–Crippen MR) is 108 cm³/mol. The number of nitrogens with zero attached hydrogens (tertiary/aromatic N) is 8. The van der Waals surface area contributed by atoms with Crippen molar-refractivity contribution in [2.45, 2.75) is 0 Å². The smallest absolute Gasteiger partial charge is 0.172 e. The van der Waals surface area contributed by atoms with Gasteiger partial charge in [-0.15, -0.1) is 21.5 Å².